The van der Waals surface area contributed by atoms with Gasteiger partial charge in [-0.2, -0.15) is 0 Å². The SMILES string of the molecule is CCC1C(=O)N2CCCCC2C(=O)N1CC1CCC(C)C1. The molecule has 0 bridgehead atoms. The first-order valence-electron chi connectivity index (χ1n) is 8.72. The summed E-state index contributed by atoms with van der Waals surface area (Å²) in [7, 11) is 0. The number of fused-ring (bicyclic) bond motifs is 1. The van der Waals surface area contributed by atoms with Crippen molar-refractivity contribution in [3.8, 4) is 0 Å². The lowest BCUT2D eigenvalue weighted by Crippen LogP contribution is -2.66. The zero-order valence-electron chi connectivity index (χ0n) is 13.4. The van der Waals surface area contributed by atoms with Gasteiger partial charge in [0.1, 0.15) is 12.1 Å². The quantitative estimate of drug-likeness (QED) is 0.801. The van der Waals surface area contributed by atoms with Crippen molar-refractivity contribution in [2.24, 2.45) is 11.8 Å². The van der Waals surface area contributed by atoms with Crippen molar-refractivity contribution in [2.45, 2.75) is 70.9 Å². The highest BCUT2D eigenvalue weighted by molar-refractivity contribution is 5.97. The van der Waals surface area contributed by atoms with E-state index in [1.807, 2.05) is 16.7 Å². The van der Waals surface area contributed by atoms with Crippen LogP contribution < -0.4 is 0 Å². The first kappa shape index (κ1) is 14.9. The molecule has 4 atom stereocenters. The van der Waals surface area contributed by atoms with E-state index < -0.39 is 0 Å². The molecule has 4 unspecified atom stereocenters. The van der Waals surface area contributed by atoms with E-state index in [2.05, 4.69) is 6.92 Å². The first-order valence-corrected chi connectivity index (χ1v) is 8.72. The molecule has 0 aromatic carbocycles. The van der Waals surface area contributed by atoms with E-state index in [9.17, 15) is 9.59 Å². The van der Waals surface area contributed by atoms with E-state index in [0.29, 0.717) is 5.92 Å². The van der Waals surface area contributed by atoms with Crippen LogP contribution in [-0.4, -0.2) is 46.8 Å². The molecule has 2 aliphatic heterocycles. The van der Waals surface area contributed by atoms with E-state index in [1.165, 1.54) is 19.3 Å². The number of hydrogen-bond acceptors (Lipinski definition) is 2. The Labute approximate surface area is 127 Å². The van der Waals surface area contributed by atoms with Crippen LogP contribution in [0.25, 0.3) is 0 Å². The van der Waals surface area contributed by atoms with Crippen LogP contribution >= 0.6 is 0 Å². The standard InChI is InChI=1S/C17H28N2O2/c1-3-14-16(20)18-9-5-4-6-15(18)17(21)19(14)11-13-8-7-12(2)10-13/h12-15H,3-11H2,1-2H3. The monoisotopic (exact) mass is 292 g/mol. The number of carbonyl (C=O) groups is 2. The maximum absolute atomic E-state index is 12.9. The number of carbonyl (C=O) groups excluding carboxylic acids is 2. The molecule has 3 rings (SSSR count). The Bertz CT molecular complexity index is 423. The summed E-state index contributed by atoms with van der Waals surface area (Å²) in [4.78, 5) is 29.4. The third-order valence-electron chi connectivity index (χ3n) is 5.66. The van der Waals surface area contributed by atoms with Crippen LogP contribution in [0.1, 0.15) is 58.8 Å². The normalized spacial score (nSPS) is 37.0. The lowest BCUT2D eigenvalue weighted by Gasteiger charge is -2.47. The van der Waals surface area contributed by atoms with E-state index >= 15 is 0 Å². The fourth-order valence-corrected chi connectivity index (χ4v) is 4.50. The predicted octanol–water partition coefficient (Wildman–Crippen LogP) is 2.42. The highest BCUT2D eigenvalue weighted by Crippen LogP contribution is 2.34. The highest BCUT2D eigenvalue weighted by atomic mass is 16.2. The van der Waals surface area contributed by atoms with Gasteiger partial charge in [-0.3, -0.25) is 9.59 Å². The molecule has 3 fully saturated rings. The minimum Gasteiger partial charge on any atom is -0.329 e. The van der Waals surface area contributed by atoms with Gasteiger partial charge in [-0.25, -0.2) is 0 Å². The summed E-state index contributed by atoms with van der Waals surface area (Å²) < 4.78 is 0. The zero-order valence-corrected chi connectivity index (χ0v) is 13.4. The van der Waals surface area contributed by atoms with Gasteiger partial charge in [0.05, 0.1) is 0 Å². The molecule has 2 saturated heterocycles. The second-order valence-electron chi connectivity index (χ2n) is 7.24. The van der Waals surface area contributed by atoms with Crippen LogP contribution in [0.5, 0.6) is 0 Å². The minimum atomic E-state index is -0.206. The van der Waals surface area contributed by atoms with Crippen LogP contribution in [-0.2, 0) is 9.59 Å². The molecule has 118 valence electrons. The lowest BCUT2D eigenvalue weighted by atomic mass is 9.93. The van der Waals surface area contributed by atoms with Crippen molar-refractivity contribution in [2.75, 3.05) is 13.1 Å². The molecule has 0 radical (unpaired) electrons. The number of rotatable bonds is 3. The van der Waals surface area contributed by atoms with Crippen molar-refractivity contribution in [3.63, 3.8) is 0 Å². The van der Waals surface area contributed by atoms with Crippen LogP contribution in [0, 0.1) is 11.8 Å². The van der Waals surface area contributed by atoms with E-state index in [4.69, 9.17) is 0 Å². The second kappa shape index (κ2) is 5.98. The second-order valence-corrected chi connectivity index (χ2v) is 7.24. The summed E-state index contributed by atoms with van der Waals surface area (Å²) in [6.45, 7) is 5.91. The summed E-state index contributed by atoms with van der Waals surface area (Å²) in [6.07, 6.45) is 7.42. The molecular weight excluding hydrogens is 264 g/mol. The molecule has 21 heavy (non-hydrogen) atoms. The molecule has 4 nitrogen and oxygen atoms in total. The number of amides is 2. The smallest absolute Gasteiger partial charge is 0.246 e. The summed E-state index contributed by atoms with van der Waals surface area (Å²) >= 11 is 0. The van der Waals surface area contributed by atoms with Crippen molar-refractivity contribution in [1.29, 1.82) is 0 Å². The molecule has 3 aliphatic rings. The van der Waals surface area contributed by atoms with Crippen LogP contribution in [0.3, 0.4) is 0 Å². The first-order chi connectivity index (χ1) is 10.1. The van der Waals surface area contributed by atoms with Gasteiger partial charge in [0.2, 0.25) is 11.8 Å². The topological polar surface area (TPSA) is 40.6 Å². The average Bonchev–Trinajstić information content (AvgIpc) is 2.90. The Kier molecular flexibility index (Phi) is 4.23. The maximum atomic E-state index is 12.9. The number of nitrogens with zero attached hydrogens (tertiary/aromatic N) is 2. The predicted molar refractivity (Wildman–Crippen MR) is 81.6 cm³/mol. The Morgan fingerprint density at radius 2 is 1.90 bits per heavy atom. The molecule has 0 spiro atoms. The fraction of sp³-hybridized carbons (Fsp3) is 0.882. The van der Waals surface area contributed by atoms with Gasteiger partial charge in [0, 0.05) is 13.1 Å². The van der Waals surface area contributed by atoms with Gasteiger partial charge in [-0.05, 0) is 50.4 Å². The Morgan fingerprint density at radius 1 is 1.10 bits per heavy atom. The highest BCUT2D eigenvalue weighted by Gasteiger charge is 2.46. The molecule has 2 amide bonds. The number of hydrogen-bond donors (Lipinski definition) is 0. The minimum absolute atomic E-state index is 0.159. The maximum Gasteiger partial charge on any atom is 0.246 e. The molecule has 1 aliphatic carbocycles. The summed E-state index contributed by atoms with van der Waals surface area (Å²) in [5, 5.41) is 0. The van der Waals surface area contributed by atoms with Gasteiger partial charge in [-0.1, -0.05) is 20.3 Å². The third-order valence-corrected chi connectivity index (χ3v) is 5.66. The number of piperidine rings is 1. The zero-order chi connectivity index (χ0) is 15.0. The van der Waals surface area contributed by atoms with Crippen molar-refractivity contribution < 1.29 is 9.59 Å². The van der Waals surface area contributed by atoms with Gasteiger partial charge in [0.15, 0.2) is 0 Å². The van der Waals surface area contributed by atoms with Crippen molar-refractivity contribution in [3.05, 3.63) is 0 Å². The van der Waals surface area contributed by atoms with E-state index in [1.54, 1.807) is 0 Å². The Morgan fingerprint density at radius 3 is 2.57 bits per heavy atom. The fourth-order valence-electron chi connectivity index (χ4n) is 4.50. The van der Waals surface area contributed by atoms with Gasteiger partial charge in [-0.15, -0.1) is 0 Å². The Balaban J connectivity index is 1.76. The van der Waals surface area contributed by atoms with E-state index in [0.717, 1.165) is 44.7 Å². The molecule has 0 N–H and O–H groups in total. The van der Waals surface area contributed by atoms with Gasteiger partial charge >= 0.3 is 0 Å². The third kappa shape index (κ3) is 2.69. The van der Waals surface area contributed by atoms with Crippen LogP contribution in [0.4, 0.5) is 0 Å². The van der Waals surface area contributed by atoms with Crippen molar-refractivity contribution in [1.82, 2.24) is 9.80 Å². The molecular formula is C17H28N2O2. The average molecular weight is 292 g/mol. The largest absolute Gasteiger partial charge is 0.329 e. The Hall–Kier alpha value is -1.06. The van der Waals surface area contributed by atoms with Gasteiger partial charge < -0.3 is 9.80 Å². The summed E-state index contributed by atoms with van der Waals surface area (Å²) in [5.74, 6) is 1.80. The van der Waals surface area contributed by atoms with Crippen molar-refractivity contribution >= 4 is 11.8 Å². The molecule has 4 heteroatoms. The van der Waals surface area contributed by atoms with E-state index in [-0.39, 0.29) is 23.9 Å². The molecule has 2 heterocycles. The lowest BCUT2D eigenvalue weighted by molar-refractivity contribution is -0.164. The van der Waals surface area contributed by atoms with Crippen LogP contribution in [0.2, 0.25) is 0 Å². The van der Waals surface area contributed by atoms with Gasteiger partial charge in [0.25, 0.3) is 0 Å². The summed E-state index contributed by atoms with van der Waals surface area (Å²) in [5.41, 5.74) is 0. The molecule has 0 aromatic rings. The number of piperazine rings is 1. The molecule has 0 aromatic heterocycles. The van der Waals surface area contributed by atoms with Crippen LogP contribution in [0.15, 0.2) is 0 Å². The molecule has 1 saturated carbocycles. The summed E-state index contributed by atoms with van der Waals surface area (Å²) in [6, 6.07) is -0.365.